The number of carbonyl (C=O) groups is 1. The number of aliphatic hydroxyl groups is 1. The summed E-state index contributed by atoms with van der Waals surface area (Å²) in [4.78, 5) is 42.0. The first-order valence-electron chi connectivity index (χ1n) is 15.0. The van der Waals surface area contributed by atoms with Gasteiger partial charge in [0.1, 0.15) is 0 Å². The van der Waals surface area contributed by atoms with Crippen molar-refractivity contribution >= 4 is 33.7 Å². The summed E-state index contributed by atoms with van der Waals surface area (Å²) in [7, 11) is 0. The highest BCUT2D eigenvalue weighted by Gasteiger charge is 2.46. The van der Waals surface area contributed by atoms with Gasteiger partial charge in [-0.1, -0.05) is 0 Å². The van der Waals surface area contributed by atoms with Gasteiger partial charge in [-0.15, -0.1) is 11.3 Å². The Kier molecular flexibility index (Phi) is 8.73. The fourth-order valence-corrected chi connectivity index (χ4v) is 7.93. The number of aromatic nitrogens is 3. The largest absolute Gasteiger partial charge is 0.483 e. The quantitative estimate of drug-likeness (QED) is 0.267. The molecule has 1 aromatic carbocycles. The van der Waals surface area contributed by atoms with E-state index in [0.29, 0.717) is 11.1 Å². The minimum absolute atomic E-state index is 0.000839. The second kappa shape index (κ2) is 12.7. The first-order chi connectivity index (χ1) is 22.2. The summed E-state index contributed by atoms with van der Waals surface area (Å²) in [6.45, 7) is 1.47. The molecule has 0 bridgehead atoms. The second-order valence-corrected chi connectivity index (χ2v) is 13.0. The molecule has 7 rings (SSSR count). The highest BCUT2D eigenvalue weighted by molar-refractivity contribution is 7.19. The summed E-state index contributed by atoms with van der Waals surface area (Å²) in [5, 5.41) is 29.9. The molecule has 1 saturated heterocycles. The molecule has 14 heteroatoms. The summed E-state index contributed by atoms with van der Waals surface area (Å²) in [6.07, 6.45) is 4.86. The Morgan fingerprint density at radius 3 is 2.65 bits per heavy atom. The van der Waals surface area contributed by atoms with Crippen LogP contribution in [0.3, 0.4) is 0 Å². The van der Waals surface area contributed by atoms with Gasteiger partial charge in [0.25, 0.3) is 18.0 Å². The Balaban J connectivity index is 0.00000119. The van der Waals surface area contributed by atoms with E-state index in [1.54, 1.807) is 6.20 Å². The number of anilines is 1. The maximum Gasteiger partial charge on any atom is 0.331 e. The number of thiophene rings is 1. The van der Waals surface area contributed by atoms with Gasteiger partial charge in [0.15, 0.2) is 0 Å². The number of carboxylic acid groups (broad SMARTS) is 1. The van der Waals surface area contributed by atoms with Crippen molar-refractivity contribution in [3.8, 4) is 17.2 Å². The summed E-state index contributed by atoms with van der Waals surface area (Å²) in [5.41, 5.74) is 4.26. The van der Waals surface area contributed by atoms with E-state index in [4.69, 9.17) is 9.90 Å². The zero-order valence-electron chi connectivity index (χ0n) is 24.7. The molecule has 46 heavy (non-hydrogen) atoms. The molecule has 3 N–H and O–H groups in total. The smallest absolute Gasteiger partial charge is 0.331 e. The van der Waals surface area contributed by atoms with E-state index in [1.165, 1.54) is 28.2 Å². The van der Waals surface area contributed by atoms with Gasteiger partial charge in [0.05, 0.1) is 35.0 Å². The number of alkyl halides is 2. The number of aliphatic hydroxyl groups excluding tert-OH is 1. The molecule has 2 aliphatic heterocycles. The molecule has 4 aromatic rings. The average Bonchev–Trinajstić information content (AvgIpc) is 3.68. The maximum atomic E-state index is 13.5. The third kappa shape index (κ3) is 5.93. The van der Waals surface area contributed by atoms with E-state index < -0.39 is 36.1 Å². The van der Waals surface area contributed by atoms with Crippen LogP contribution < -0.4 is 21.5 Å². The minimum Gasteiger partial charge on any atom is -0.483 e. The van der Waals surface area contributed by atoms with Crippen molar-refractivity contribution in [2.45, 2.75) is 62.7 Å². The Hall–Kier alpha value is -4.45. The number of aryl methyl sites for hydroxylation is 1. The fraction of sp³-hybridized carbons (Fsp3) is 0.406. The number of nitrogens with zero attached hydrogens (tertiary/aromatic N) is 5. The Morgan fingerprint density at radius 1 is 1.17 bits per heavy atom. The Bertz CT molecular complexity index is 1940. The monoisotopic (exact) mass is 650 g/mol. The number of halogens is 2. The minimum atomic E-state index is -2.79. The van der Waals surface area contributed by atoms with E-state index in [2.05, 4.69) is 21.3 Å². The number of pyridine rings is 1. The SMILES string of the molecule is N#Cc1cc2c(c(-c3ccnc4cc(Cn5c(=O)ccn(C6CC(F)(F)C6)c5=O)sc34)c1)N([C@@H]1CN[C@@H](CO)C1)CCC2.O=CO. The molecule has 3 aromatic heterocycles. The number of hydrogen-bond acceptors (Lipinski definition) is 9. The van der Waals surface area contributed by atoms with Gasteiger partial charge in [-0.2, -0.15) is 5.26 Å². The van der Waals surface area contributed by atoms with Crippen LogP contribution in [0.1, 0.15) is 47.7 Å². The van der Waals surface area contributed by atoms with Crippen LogP contribution in [-0.2, 0) is 17.8 Å². The molecule has 0 radical (unpaired) electrons. The maximum absolute atomic E-state index is 13.5. The number of nitriles is 1. The summed E-state index contributed by atoms with van der Waals surface area (Å²) in [5.74, 6) is -2.79. The van der Waals surface area contributed by atoms with Crippen molar-refractivity contribution < 1.29 is 23.8 Å². The van der Waals surface area contributed by atoms with E-state index in [0.717, 1.165) is 68.9 Å². The Labute approximate surface area is 266 Å². The number of benzene rings is 1. The van der Waals surface area contributed by atoms with Crippen LogP contribution >= 0.6 is 11.3 Å². The van der Waals surface area contributed by atoms with Gasteiger partial charge in [0.2, 0.25) is 0 Å². The number of hydrogen-bond donors (Lipinski definition) is 3. The highest BCUT2D eigenvalue weighted by atomic mass is 32.1. The molecular formula is C32H32F2N6O5S. The van der Waals surface area contributed by atoms with Crippen LogP contribution in [-0.4, -0.2) is 68.5 Å². The van der Waals surface area contributed by atoms with Crippen LogP contribution in [0.5, 0.6) is 0 Å². The predicted molar refractivity (Wildman–Crippen MR) is 169 cm³/mol. The standard InChI is InChI=1S/C31H30F2N6O3S.CH2O2/c32-31(33)12-22(13-31)38-7-4-27(41)39(30(38)42)16-23-11-26-29(43-23)24(3-5-35-26)25-9-18(14-34)8-19-2-1-6-37(28(19)25)21-10-20(17-40)36-15-21;2-1-3/h3-5,7-9,11,20-22,36,40H,1-2,6,10,12-13,15-17H2;1H,(H,2,3)/t20-,21+;/m1./s1. The van der Waals surface area contributed by atoms with Gasteiger partial charge < -0.3 is 20.4 Å². The normalized spacial score (nSPS) is 20.3. The summed E-state index contributed by atoms with van der Waals surface area (Å²) < 4.78 is 30.2. The molecule has 5 heterocycles. The lowest BCUT2D eigenvalue weighted by atomic mass is 9.88. The number of rotatable bonds is 6. The third-order valence-electron chi connectivity index (χ3n) is 8.93. The first kappa shape index (κ1) is 31.5. The van der Waals surface area contributed by atoms with E-state index in [1.807, 2.05) is 24.3 Å². The summed E-state index contributed by atoms with van der Waals surface area (Å²) in [6, 6.07) is 10.9. The number of nitrogens with one attached hydrogen (secondary N) is 1. The number of fused-ring (bicyclic) bond motifs is 2. The van der Waals surface area contributed by atoms with E-state index in [9.17, 15) is 28.7 Å². The molecular weight excluding hydrogens is 618 g/mol. The second-order valence-electron chi connectivity index (χ2n) is 11.9. The average molecular weight is 651 g/mol. The molecule has 11 nitrogen and oxygen atoms in total. The van der Waals surface area contributed by atoms with Crippen molar-refractivity contribution in [2.24, 2.45) is 0 Å². The van der Waals surface area contributed by atoms with Crippen LogP contribution in [0.15, 0.2) is 52.3 Å². The molecule has 0 unspecified atom stereocenters. The molecule has 2 fully saturated rings. The van der Waals surface area contributed by atoms with Crippen LogP contribution in [0, 0.1) is 11.3 Å². The molecule has 3 aliphatic rings. The lowest BCUT2D eigenvalue weighted by molar-refractivity contribution is -0.122. The van der Waals surface area contributed by atoms with Crippen molar-refractivity contribution in [1.82, 2.24) is 19.4 Å². The highest BCUT2D eigenvalue weighted by Crippen LogP contribution is 2.45. The van der Waals surface area contributed by atoms with Gasteiger partial charge >= 0.3 is 5.69 Å². The zero-order valence-corrected chi connectivity index (χ0v) is 25.6. The topological polar surface area (TPSA) is 153 Å². The zero-order chi connectivity index (χ0) is 32.6. The predicted octanol–water partition coefficient (Wildman–Crippen LogP) is 3.35. The van der Waals surface area contributed by atoms with Crippen LogP contribution in [0.4, 0.5) is 14.5 Å². The van der Waals surface area contributed by atoms with Gasteiger partial charge in [0, 0.05) is 84.2 Å². The molecule has 1 aliphatic carbocycles. The lowest BCUT2D eigenvalue weighted by Gasteiger charge is -2.38. The van der Waals surface area contributed by atoms with Crippen molar-refractivity contribution in [2.75, 3.05) is 24.6 Å². The molecule has 2 atom stereocenters. The summed E-state index contributed by atoms with van der Waals surface area (Å²) >= 11 is 1.43. The third-order valence-corrected chi connectivity index (χ3v) is 10.1. The van der Waals surface area contributed by atoms with Crippen LogP contribution in [0.25, 0.3) is 21.3 Å². The van der Waals surface area contributed by atoms with Crippen molar-refractivity contribution in [3.63, 3.8) is 0 Å². The van der Waals surface area contributed by atoms with E-state index in [-0.39, 0.29) is 31.7 Å². The van der Waals surface area contributed by atoms with Gasteiger partial charge in [-0.3, -0.25) is 23.7 Å². The fourth-order valence-electron chi connectivity index (χ4n) is 6.80. The molecule has 0 amide bonds. The van der Waals surface area contributed by atoms with Gasteiger partial charge in [-0.25, -0.2) is 13.6 Å². The molecule has 0 spiro atoms. The Morgan fingerprint density at radius 2 is 1.96 bits per heavy atom. The van der Waals surface area contributed by atoms with Gasteiger partial charge in [-0.05, 0) is 49.1 Å². The van der Waals surface area contributed by atoms with Crippen molar-refractivity contribution in [3.05, 3.63) is 79.6 Å². The molecule has 240 valence electrons. The lowest BCUT2D eigenvalue weighted by Crippen LogP contribution is -2.46. The first-order valence-corrected chi connectivity index (χ1v) is 15.8. The van der Waals surface area contributed by atoms with E-state index >= 15 is 0 Å². The van der Waals surface area contributed by atoms with Crippen molar-refractivity contribution in [1.29, 1.82) is 5.26 Å². The van der Waals surface area contributed by atoms with Crippen LogP contribution in [0.2, 0.25) is 0 Å². The molecule has 1 saturated carbocycles.